The molecule has 0 saturated carbocycles. The molecule has 2 heteroatoms. The predicted octanol–water partition coefficient (Wildman–Crippen LogP) is 10.7. The van der Waals surface area contributed by atoms with Crippen LogP contribution < -0.4 is 4.74 Å². The van der Waals surface area contributed by atoms with Gasteiger partial charge in [-0.1, -0.05) is 103 Å². The van der Waals surface area contributed by atoms with Crippen LogP contribution >= 0.6 is 0 Å². The molecule has 2 nitrogen and oxygen atoms in total. The first-order valence-electron chi connectivity index (χ1n) is 13.8. The Kier molecular flexibility index (Phi) is 4.43. The van der Waals surface area contributed by atoms with Crippen LogP contribution in [0.2, 0.25) is 0 Å². The van der Waals surface area contributed by atoms with Gasteiger partial charge >= 0.3 is 0 Å². The first kappa shape index (κ1) is 22.2. The Hall–Kier alpha value is -5.65. The lowest BCUT2D eigenvalue weighted by atomic mass is 9.85. The summed E-state index contributed by atoms with van der Waals surface area (Å²) in [5.74, 6) is 1.56. The molecule has 1 heterocycles. The van der Waals surface area contributed by atoms with E-state index in [4.69, 9.17) is 4.74 Å². The Morgan fingerprint density at radius 3 is 1.80 bits per heavy atom. The summed E-state index contributed by atoms with van der Waals surface area (Å²) in [7, 11) is 0. The van der Waals surface area contributed by atoms with Crippen molar-refractivity contribution in [3.63, 3.8) is 0 Å². The van der Waals surface area contributed by atoms with Crippen LogP contribution in [-0.4, -0.2) is 0 Å². The Morgan fingerprint density at radius 2 is 1.05 bits per heavy atom. The molecule has 0 spiro atoms. The Morgan fingerprint density at radius 1 is 0.439 bits per heavy atom. The fraction of sp³-hybridized carbons (Fsp3) is 0. The van der Waals surface area contributed by atoms with E-state index < -0.39 is 0 Å². The fourth-order valence-electron chi connectivity index (χ4n) is 6.84. The molecule has 1 aliphatic heterocycles. The predicted molar refractivity (Wildman–Crippen MR) is 169 cm³/mol. The highest BCUT2D eigenvalue weighted by molar-refractivity contribution is 6.28. The first-order valence-corrected chi connectivity index (χ1v) is 13.8. The van der Waals surface area contributed by atoms with Crippen molar-refractivity contribution in [1.82, 2.24) is 0 Å². The van der Waals surface area contributed by atoms with E-state index in [1.54, 1.807) is 0 Å². The zero-order valence-electron chi connectivity index (χ0n) is 22.0. The first-order chi connectivity index (χ1) is 20.3. The average Bonchev–Trinajstić information content (AvgIpc) is 3.04. The van der Waals surface area contributed by atoms with E-state index >= 15 is 0 Å². The molecule has 0 radical (unpaired) electrons. The van der Waals surface area contributed by atoms with Gasteiger partial charge in [0.05, 0.1) is 11.6 Å². The van der Waals surface area contributed by atoms with Crippen molar-refractivity contribution in [2.24, 2.45) is 0 Å². The number of nitrogens with zero attached hydrogens (tertiary/aromatic N) is 1. The van der Waals surface area contributed by atoms with Crippen LogP contribution in [0.3, 0.4) is 0 Å². The molecule has 188 valence electrons. The van der Waals surface area contributed by atoms with Crippen LogP contribution in [0, 0.1) is 11.3 Å². The molecule has 9 rings (SSSR count). The smallest absolute Gasteiger partial charge is 0.136 e. The van der Waals surface area contributed by atoms with Crippen LogP contribution in [0.4, 0.5) is 0 Å². The molecule has 0 aliphatic carbocycles. The third-order valence-electron chi connectivity index (χ3n) is 8.66. The minimum atomic E-state index is 0.597. The van der Waals surface area contributed by atoms with Crippen molar-refractivity contribution in [3.05, 3.63) is 133 Å². The lowest BCUT2D eigenvalue weighted by molar-refractivity contribution is 0.487. The maximum atomic E-state index is 9.41. The van der Waals surface area contributed by atoms with Gasteiger partial charge in [-0.25, -0.2) is 0 Å². The summed E-state index contributed by atoms with van der Waals surface area (Å²) in [5.41, 5.74) is 7.64. The molecule has 0 amide bonds. The zero-order chi connectivity index (χ0) is 27.1. The zero-order valence-corrected chi connectivity index (χ0v) is 22.0. The van der Waals surface area contributed by atoms with Crippen molar-refractivity contribution < 1.29 is 4.74 Å². The number of benzene rings is 8. The molecule has 0 aromatic heterocycles. The van der Waals surface area contributed by atoms with Gasteiger partial charge in [0.15, 0.2) is 0 Å². The number of nitriles is 1. The summed E-state index contributed by atoms with van der Waals surface area (Å²) in [6, 6.07) is 47.4. The standard InChI is InChI=1S/C39H21NO/c40-22-23-9-14-30-34-20-19-29(31-7-4-8-35(39(31)34)41-36(30)21-23)28-16-11-26-12-17-32-27(24-5-2-1-3-6-24)15-10-25-13-18-33(28)38(26)37(25)32/h1-21H. The highest BCUT2D eigenvalue weighted by Crippen LogP contribution is 2.50. The van der Waals surface area contributed by atoms with Crippen LogP contribution in [0.15, 0.2) is 127 Å². The summed E-state index contributed by atoms with van der Waals surface area (Å²) in [4.78, 5) is 0. The third kappa shape index (κ3) is 3.06. The topological polar surface area (TPSA) is 33.0 Å². The number of rotatable bonds is 2. The quantitative estimate of drug-likeness (QED) is 0.213. The minimum absolute atomic E-state index is 0.597. The van der Waals surface area contributed by atoms with E-state index in [0.29, 0.717) is 5.56 Å². The second kappa shape index (κ2) is 8.18. The lowest BCUT2D eigenvalue weighted by Gasteiger charge is -2.23. The molecule has 0 N–H and O–H groups in total. The number of fused-ring (bicyclic) bond motifs is 2. The van der Waals surface area contributed by atoms with E-state index in [2.05, 4.69) is 109 Å². The third-order valence-corrected chi connectivity index (χ3v) is 8.66. The maximum absolute atomic E-state index is 9.41. The van der Waals surface area contributed by atoms with E-state index in [-0.39, 0.29) is 0 Å². The molecule has 1 aliphatic rings. The molecule has 0 unspecified atom stereocenters. The number of ether oxygens (including phenoxy) is 1. The van der Waals surface area contributed by atoms with Crippen molar-refractivity contribution >= 4 is 43.1 Å². The van der Waals surface area contributed by atoms with Crippen molar-refractivity contribution in [1.29, 1.82) is 5.26 Å². The van der Waals surface area contributed by atoms with E-state index in [9.17, 15) is 5.26 Å². The van der Waals surface area contributed by atoms with Gasteiger partial charge in [-0.2, -0.15) is 5.26 Å². The van der Waals surface area contributed by atoms with Crippen molar-refractivity contribution in [2.45, 2.75) is 0 Å². The van der Waals surface area contributed by atoms with Gasteiger partial charge in [0.1, 0.15) is 11.5 Å². The van der Waals surface area contributed by atoms with Gasteiger partial charge in [-0.3, -0.25) is 0 Å². The Bertz CT molecular complexity index is 2400. The van der Waals surface area contributed by atoms with Gasteiger partial charge in [-0.05, 0) is 89.8 Å². The molecule has 0 fully saturated rings. The molecular weight excluding hydrogens is 498 g/mol. The van der Waals surface area contributed by atoms with Gasteiger partial charge in [0.2, 0.25) is 0 Å². The minimum Gasteiger partial charge on any atom is -0.456 e. The largest absolute Gasteiger partial charge is 0.456 e. The van der Waals surface area contributed by atoms with Gasteiger partial charge in [0.25, 0.3) is 0 Å². The van der Waals surface area contributed by atoms with Crippen LogP contribution in [0.5, 0.6) is 11.5 Å². The monoisotopic (exact) mass is 519 g/mol. The van der Waals surface area contributed by atoms with Crippen molar-refractivity contribution in [3.8, 4) is 50.9 Å². The second-order valence-corrected chi connectivity index (χ2v) is 10.8. The number of hydrogen-bond donors (Lipinski definition) is 0. The lowest BCUT2D eigenvalue weighted by Crippen LogP contribution is -1.98. The van der Waals surface area contributed by atoms with Crippen molar-refractivity contribution in [2.75, 3.05) is 0 Å². The molecule has 0 atom stereocenters. The second-order valence-electron chi connectivity index (χ2n) is 10.8. The summed E-state index contributed by atoms with van der Waals surface area (Å²) in [5, 5.41) is 19.3. The highest BCUT2D eigenvalue weighted by atomic mass is 16.5. The molecule has 8 aromatic rings. The fourth-order valence-corrected chi connectivity index (χ4v) is 6.84. The molecule has 41 heavy (non-hydrogen) atoms. The summed E-state index contributed by atoms with van der Waals surface area (Å²) in [6.07, 6.45) is 0. The van der Waals surface area contributed by atoms with E-state index in [1.807, 2.05) is 24.3 Å². The summed E-state index contributed by atoms with van der Waals surface area (Å²) in [6.45, 7) is 0. The van der Waals surface area contributed by atoms with Gasteiger partial charge < -0.3 is 4.74 Å². The van der Waals surface area contributed by atoms with E-state index in [1.165, 1.54) is 54.6 Å². The highest BCUT2D eigenvalue weighted by Gasteiger charge is 2.23. The Labute approximate surface area is 236 Å². The maximum Gasteiger partial charge on any atom is 0.136 e. The van der Waals surface area contributed by atoms with Crippen LogP contribution in [0.25, 0.3) is 76.5 Å². The normalized spacial score (nSPS) is 12.1. The average molecular weight is 520 g/mol. The van der Waals surface area contributed by atoms with Gasteiger partial charge in [0, 0.05) is 10.9 Å². The SMILES string of the molecule is N#Cc1ccc2c(c1)Oc1cccc3c(-c4ccc5ccc6c(-c7ccccc7)ccc7ccc4c5c76)ccc-2c13. The number of hydrogen-bond acceptors (Lipinski definition) is 2. The molecule has 8 aromatic carbocycles. The summed E-state index contributed by atoms with van der Waals surface area (Å²) < 4.78 is 6.37. The van der Waals surface area contributed by atoms with E-state index in [0.717, 1.165) is 33.4 Å². The molecule has 0 saturated heterocycles. The van der Waals surface area contributed by atoms with Crippen LogP contribution in [-0.2, 0) is 0 Å². The summed E-state index contributed by atoms with van der Waals surface area (Å²) >= 11 is 0. The Balaban J connectivity index is 1.33. The molecule has 0 bridgehead atoms. The van der Waals surface area contributed by atoms with Gasteiger partial charge in [-0.15, -0.1) is 0 Å². The molecular formula is C39H21NO. The van der Waals surface area contributed by atoms with Crippen LogP contribution in [0.1, 0.15) is 5.56 Å².